The number of nitrogens with zero attached hydrogens (tertiary/aromatic N) is 7. The van der Waals surface area contributed by atoms with E-state index in [2.05, 4.69) is 56.7 Å². The molecular formula is C30H34N8O3S2. The number of benzene rings is 1. The lowest BCUT2D eigenvalue weighted by molar-refractivity contribution is 0.184. The van der Waals surface area contributed by atoms with Crippen molar-refractivity contribution < 1.29 is 12.9 Å². The Morgan fingerprint density at radius 1 is 1.09 bits per heavy atom. The summed E-state index contributed by atoms with van der Waals surface area (Å²) >= 11 is 1.22. The van der Waals surface area contributed by atoms with Crippen LogP contribution in [-0.4, -0.2) is 81.3 Å². The summed E-state index contributed by atoms with van der Waals surface area (Å²) in [5, 5.41) is 13.2. The van der Waals surface area contributed by atoms with Gasteiger partial charge in [-0.1, -0.05) is 17.3 Å². The minimum absolute atomic E-state index is 0.0931. The molecule has 7 rings (SSSR count). The van der Waals surface area contributed by atoms with Crippen LogP contribution < -0.4 is 5.32 Å². The number of nitrogens with one attached hydrogen (secondary N) is 1. The van der Waals surface area contributed by atoms with Crippen LogP contribution >= 0.6 is 11.3 Å². The Morgan fingerprint density at radius 3 is 2.65 bits per heavy atom. The van der Waals surface area contributed by atoms with E-state index in [0.717, 1.165) is 50.7 Å². The summed E-state index contributed by atoms with van der Waals surface area (Å²) < 4.78 is 35.8. The van der Waals surface area contributed by atoms with Gasteiger partial charge in [0.25, 0.3) is 10.0 Å². The number of hydrogen-bond donors (Lipinski definition) is 1. The van der Waals surface area contributed by atoms with Crippen LogP contribution in [0.25, 0.3) is 32.7 Å². The van der Waals surface area contributed by atoms with Crippen molar-refractivity contribution in [2.45, 2.75) is 42.9 Å². The number of piperazine rings is 1. The van der Waals surface area contributed by atoms with Gasteiger partial charge in [-0.05, 0) is 44.9 Å². The van der Waals surface area contributed by atoms with Gasteiger partial charge in [-0.15, -0.1) is 11.3 Å². The third-order valence-corrected chi connectivity index (χ3v) is 11.5. The minimum atomic E-state index is -3.57. The first-order valence-corrected chi connectivity index (χ1v) is 16.8. The highest BCUT2D eigenvalue weighted by Crippen LogP contribution is 2.44. The van der Waals surface area contributed by atoms with Crippen LogP contribution in [0.5, 0.6) is 0 Å². The quantitative estimate of drug-likeness (QED) is 0.250. The number of hydrogen-bond acceptors (Lipinski definition) is 10. The fraction of sp³-hybridized carbons (Fsp3) is 0.400. The summed E-state index contributed by atoms with van der Waals surface area (Å²) in [6.45, 7) is 6.94. The Bertz CT molecular complexity index is 1880. The van der Waals surface area contributed by atoms with Gasteiger partial charge in [0.05, 0.1) is 21.8 Å². The standard InChI is InChI=1S/C30H34N8O3S2/c1-19-15-25(41-35-19)26-9-10-27(42-26)43(39,40)38-13-11-37(12-14-38)16-20(2)33-30-23-6-4-5-22(29(23)31-18-32-30)24-17-36(3)34-28(24)21-7-8-21/h4-6,9-10,15,17-18,20-21H,7-8,11-14,16H2,1-3H3,(H,31,32,33). The number of aromatic nitrogens is 5. The van der Waals surface area contributed by atoms with Crippen LogP contribution in [0.2, 0.25) is 0 Å². The zero-order valence-electron chi connectivity index (χ0n) is 24.4. The SMILES string of the molecule is Cc1cc(-c2ccc(S(=O)(=O)N3CCN(CC(C)Nc4ncnc5c(-c6cn(C)nc6C6CC6)cccc45)CC3)s2)on1. The number of sulfonamides is 1. The van der Waals surface area contributed by atoms with Gasteiger partial charge >= 0.3 is 0 Å². The molecule has 1 unspecified atom stereocenters. The van der Waals surface area contributed by atoms with Crippen molar-refractivity contribution in [1.29, 1.82) is 0 Å². The number of fused-ring (bicyclic) bond motifs is 1. The zero-order chi connectivity index (χ0) is 29.7. The third kappa shape index (κ3) is 5.57. The highest BCUT2D eigenvalue weighted by atomic mass is 32.2. The normalized spacial score (nSPS) is 17.5. The molecule has 0 radical (unpaired) electrons. The molecule has 1 aliphatic carbocycles. The summed E-state index contributed by atoms with van der Waals surface area (Å²) in [7, 11) is -1.60. The predicted octanol–water partition coefficient (Wildman–Crippen LogP) is 4.74. The van der Waals surface area contributed by atoms with Gasteiger partial charge in [0.15, 0.2) is 5.76 Å². The maximum atomic E-state index is 13.4. The average Bonchev–Trinajstić information content (AvgIpc) is 3.34. The lowest BCUT2D eigenvalue weighted by Gasteiger charge is -2.35. The summed E-state index contributed by atoms with van der Waals surface area (Å²) in [4.78, 5) is 12.3. The molecule has 5 aromatic rings. The molecule has 1 N–H and O–H groups in total. The minimum Gasteiger partial charge on any atom is -0.366 e. The number of anilines is 1. The maximum absolute atomic E-state index is 13.4. The molecule has 1 saturated carbocycles. The molecule has 0 spiro atoms. The van der Waals surface area contributed by atoms with Crippen LogP contribution in [0.1, 0.15) is 37.1 Å². The van der Waals surface area contributed by atoms with E-state index in [1.54, 1.807) is 22.8 Å². The lowest BCUT2D eigenvalue weighted by atomic mass is 10.0. The Morgan fingerprint density at radius 2 is 1.91 bits per heavy atom. The molecule has 1 aliphatic heterocycles. The lowest BCUT2D eigenvalue weighted by Crippen LogP contribution is -2.50. The number of aryl methyl sites for hydroxylation is 2. The molecule has 13 heteroatoms. The van der Waals surface area contributed by atoms with Gasteiger partial charge in [0.1, 0.15) is 16.4 Å². The van der Waals surface area contributed by atoms with E-state index in [9.17, 15) is 8.42 Å². The molecule has 43 heavy (non-hydrogen) atoms. The van der Waals surface area contributed by atoms with E-state index < -0.39 is 10.0 Å². The molecule has 224 valence electrons. The van der Waals surface area contributed by atoms with E-state index in [1.807, 2.05) is 24.7 Å². The van der Waals surface area contributed by atoms with Crippen LogP contribution in [0.3, 0.4) is 0 Å². The molecule has 1 atom stereocenters. The van der Waals surface area contributed by atoms with E-state index in [-0.39, 0.29) is 6.04 Å². The Kier molecular flexibility index (Phi) is 7.28. The molecule has 1 aromatic carbocycles. The highest BCUT2D eigenvalue weighted by Gasteiger charge is 2.32. The summed E-state index contributed by atoms with van der Waals surface area (Å²) in [5.41, 5.74) is 5.06. The van der Waals surface area contributed by atoms with Crippen molar-refractivity contribution >= 4 is 38.1 Å². The second-order valence-electron chi connectivity index (χ2n) is 11.5. The van der Waals surface area contributed by atoms with Crippen molar-refractivity contribution in [2.75, 3.05) is 38.0 Å². The summed E-state index contributed by atoms with van der Waals surface area (Å²) in [5.74, 6) is 1.92. The Labute approximate surface area is 254 Å². The molecule has 0 amide bonds. The van der Waals surface area contributed by atoms with Gasteiger partial charge in [-0.2, -0.15) is 9.40 Å². The molecule has 0 bridgehead atoms. The largest absolute Gasteiger partial charge is 0.366 e. The summed E-state index contributed by atoms with van der Waals surface area (Å²) in [6, 6.07) is 11.6. The van der Waals surface area contributed by atoms with E-state index in [1.165, 1.54) is 24.2 Å². The maximum Gasteiger partial charge on any atom is 0.252 e. The van der Waals surface area contributed by atoms with Crippen molar-refractivity contribution in [3.63, 3.8) is 0 Å². The van der Waals surface area contributed by atoms with Gasteiger partial charge in [0, 0.05) is 80.5 Å². The van der Waals surface area contributed by atoms with E-state index in [0.29, 0.717) is 42.1 Å². The Hall–Kier alpha value is -3.65. The topological polar surface area (TPSA) is 122 Å². The van der Waals surface area contributed by atoms with Gasteiger partial charge in [-0.25, -0.2) is 18.4 Å². The first kappa shape index (κ1) is 28.1. The molecule has 2 aliphatic rings. The fourth-order valence-electron chi connectivity index (χ4n) is 5.81. The molecular weight excluding hydrogens is 585 g/mol. The van der Waals surface area contributed by atoms with Crippen molar-refractivity contribution in [3.05, 3.63) is 60.3 Å². The molecule has 4 aromatic heterocycles. The molecule has 11 nitrogen and oxygen atoms in total. The second-order valence-corrected chi connectivity index (χ2v) is 14.7. The first-order chi connectivity index (χ1) is 20.8. The Balaban J connectivity index is 1.01. The molecule has 2 fully saturated rings. The average molecular weight is 619 g/mol. The second kappa shape index (κ2) is 11.1. The zero-order valence-corrected chi connectivity index (χ0v) is 26.0. The fourth-order valence-corrected chi connectivity index (χ4v) is 8.64. The van der Waals surface area contributed by atoms with E-state index in [4.69, 9.17) is 9.62 Å². The van der Waals surface area contributed by atoms with Crippen LogP contribution in [0.15, 0.2) is 57.7 Å². The van der Waals surface area contributed by atoms with Gasteiger partial charge in [-0.3, -0.25) is 9.58 Å². The van der Waals surface area contributed by atoms with Crippen molar-refractivity contribution in [2.24, 2.45) is 7.05 Å². The predicted molar refractivity (Wildman–Crippen MR) is 167 cm³/mol. The van der Waals surface area contributed by atoms with Crippen LogP contribution in [0.4, 0.5) is 5.82 Å². The van der Waals surface area contributed by atoms with Gasteiger partial charge < -0.3 is 9.84 Å². The monoisotopic (exact) mass is 618 g/mol. The van der Waals surface area contributed by atoms with Crippen LogP contribution in [-0.2, 0) is 17.1 Å². The van der Waals surface area contributed by atoms with E-state index >= 15 is 0 Å². The first-order valence-electron chi connectivity index (χ1n) is 14.6. The number of thiophene rings is 1. The highest BCUT2D eigenvalue weighted by molar-refractivity contribution is 7.91. The summed E-state index contributed by atoms with van der Waals surface area (Å²) in [6.07, 6.45) is 6.09. The third-order valence-electron chi connectivity index (χ3n) is 8.07. The molecule has 5 heterocycles. The smallest absolute Gasteiger partial charge is 0.252 e. The number of para-hydroxylation sites is 1. The van der Waals surface area contributed by atoms with Gasteiger partial charge in [0.2, 0.25) is 0 Å². The van der Waals surface area contributed by atoms with Crippen LogP contribution in [0, 0.1) is 6.92 Å². The number of rotatable bonds is 9. The molecule has 1 saturated heterocycles. The van der Waals surface area contributed by atoms with Crippen molar-refractivity contribution in [3.8, 4) is 21.8 Å². The van der Waals surface area contributed by atoms with Crippen molar-refractivity contribution in [1.82, 2.24) is 34.1 Å².